The van der Waals surface area contributed by atoms with Gasteiger partial charge in [-0.25, -0.2) is 0 Å². The predicted molar refractivity (Wildman–Crippen MR) is 105 cm³/mol. The average Bonchev–Trinajstić information content (AvgIpc) is 2.65. The third-order valence-corrected chi connectivity index (χ3v) is 3.68. The molecular weight excluding hydrogens is 346 g/mol. The summed E-state index contributed by atoms with van der Waals surface area (Å²) in [4.78, 5) is 24.0. The quantitative estimate of drug-likeness (QED) is 0.629. The Hall–Kier alpha value is -3.06. The van der Waals surface area contributed by atoms with Gasteiger partial charge in [-0.2, -0.15) is 0 Å². The second kappa shape index (κ2) is 10.2. The van der Waals surface area contributed by atoms with Crippen LogP contribution in [0.15, 0.2) is 48.5 Å². The summed E-state index contributed by atoms with van der Waals surface area (Å²) in [6.07, 6.45) is 0.962. The highest BCUT2D eigenvalue weighted by Crippen LogP contribution is 2.25. The average molecular weight is 371 g/mol. The standard InChI is InChI=1S/C20H25N3O4/c1-14(21)10-11-19(24)22-15-6-5-7-16(12-15)23-20(25)13-27-18-9-4-3-8-17(18)26-2/h3-9,12,14H,10-11,13,21H2,1-2H3,(H,22,24)(H,23,25). The van der Waals surface area contributed by atoms with Crippen LogP contribution in [0.5, 0.6) is 11.5 Å². The number of methoxy groups -OCH3 is 1. The molecule has 2 rings (SSSR count). The molecule has 7 nitrogen and oxygen atoms in total. The highest BCUT2D eigenvalue weighted by Gasteiger charge is 2.09. The number of benzene rings is 2. The maximum Gasteiger partial charge on any atom is 0.262 e. The first-order valence-electron chi connectivity index (χ1n) is 8.69. The molecule has 1 atom stereocenters. The van der Waals surface area contributed by atoms with Crippen LogP contribution < -0.4 is 25.8 Å². The maximum atomic E-state index is 12.1. The normalized spacial score (nSPS) is 11.4. The van der Waals surface area contributed by atoms with E-state index in [1.165, 1.54) is 7.11 Å². The Morgan fingerprint density at radius 1 is 1.00 bits per heavy atom. The molecule has 0 saturated carbocycles. The molecule has 0 saturated heterocycles. The molecule has 0 bridgehead atoms. The first kappa shape index (κ1) is 20.3. The van der Waals surface area contributed by atoms with E-state index in [1.807, 2.05) is 13.0 Å². The molecule has 0 aliphatic carbocycles. The molecule has 1 unspecified atom stereocenters. The second-order valence-electron chi connectivity index (χ2n) is 6.13. The summed E-state index contributed by atoms with van der Waals surface area (Å²) in [5.41, 5.74) is 6.82. The van der Waals surface area contributed by atoms with E-state index in [0.717, 1.165) is 0 Å². The van der Waals surface area contributed by atoms with Crippen molar-refractivity contribution >= 4 is 23.2 Å². The van der Waals surface area contributed by atoms with Gasteiger partial charge in [-0.15, -0.1) is 0 Å². The molecule has 27 heavy (non-hydrogen) atoms. The van der Waals surface area contributed by atoms with Gasteiger partial charge >= 0.3 is 0 Å². The van der Waals surface area contributed by atoms with Gasteiger partial charge in [0.05, 0.1) is 7.11 Å². The molecule has 0 fully saturated rings. The number of para-hydroxylation sites is 2. The minimum atomic E-state index is -0.318. The van der Waals surface area contributed by atoms with Gasteiger partial charge in [0.2, 0.25) is 5.91 Å². The zero-order valence-corrected chi connectivity index (χ0v) is 15.5. The minimum Gasteiger partial charge on any atom is -0.493 e. The molecule has 0 aromatic heterocycles. The first-order valence-corrected chi connectivity index (χ1v) is 8.69. The third-order valence-electron chi connectivity index (χ3n) is 3.68. The van der Waals surface area contributed by atoms with Gasteiger partial charge in [0.15, 0.2) is 18.1 Å². The van der Waals surface area contributed by atoms with E-state index in [2.05, 4.69) is 10.6 Å². The lowest BCUT2D eigenvalue weighted by molar-refractivity contribution is -0.118. The van der Waals surface area contributed by atoms with E-state index >= 15 is 0 Å². The molecule has 0 heterocycles. The number of anilines is 2. The Morgan fingerprint density at radius 2 is 1.63 bits per heavy atom. The Kier molecular flexibility index (Phi) is 7.63. The van der Waals surface area contributed by atoms with Gasteiger partial charge in [-0.05, 0) is 43.7 Å². The van der Waals surface area contributed by atoms with Crippen molar-refractivity contribution in [1.29, 1.82) is 0 Å². The van der Waals surface area contributed by atoms with Gasteiger partial charge in [0, 0.05) is 23.8 Å². The number of nitrogens with one attached hydrogen (secondary N) is 2. The molecule has 2 aromatic carbocycles. The highest BCUT2D eigenvalue weighted by atomic mass is 16.5. The zero-order chi connectivity index (χ0) is 19.6. The lowest BCUT2D eigenvalue weighted by atomic mass is 10.2. The highest BCUT2D eigenvalue weighted by molar-refractivity contribution is 5.94. The maximum absolute atomic E-state index is 12.1. The van der Waals surface area contributed by atoms with Crippen LogP contribution in [-0.2, 0) is 9.59 Å². The summed E-state index contributed by atoms with van der Waals surface area (Å²) in [7, 11) is 1.54. The van der Waals surface area contributed by atoms with Gasteiger partial charge in [0.1, 0.15) is 0 Å². The molecule has 0 spiro atoms. The van der Waals surface area contributed by atoms with Crippen LogP contribution in [0.1, 0.15) is 19.8 Å². The summed E-state index contributed by atoms with van der Waals surface area (Å²) >= 11 is 0. The molecule has 0 aliphatic heterocycles. The summed E-state index contributed by atoms with van der Waals surface area (Å²) in [6.45, 7) is 1.70. The van der Waals surface area contributed by atoms with Gasteiger partial charge in [-0.1, -0.05) is 18.2 Å². The van der Waals surface area contributed by atoms with Crippen molar-refractivity contribution < 1.29 is 19.1 Å². The van der Waals surface area contributed by atoms with Crippen LogP contribution >= 0.6 is 0 Å². The van der Waals surface area contributed by atoms with Gasteiger partial charge in [0.25, 0.3) is 5.91 Å². The van der Waals surface area contributed by atoms with E-state index < -0.39 is 0 Å². The number of amides is 2. The number of ether oxygens (including phenoxy) is 2. The van der Waals surface area contributed by atoms with E-state index in [9.17, 15) is 9.59 Å². The summed E-state index contributed by atoms with van der Waals surface area (Å²) in [6, 6.07) is 14.0. The van der Waals surface area contributed by atoms with Crippen molar-refractivity contribution in [2.24, 2.45) is 5.73 Å². The SMILES string of the molecule is COc1ccccc1OCC(=O)Nc1cccc(NC(=O)CCC(C)N)c1. The van der Waals surface area contributed by atoms with Crippen LogP contribution in [0.4, 0.5) is 11.4 Å². The topological polar surface area (TPSA) is 103 Å². The number of rotatable bonds is 9. The van der Waals surface area contributed by atoms with Crippen molar-refractivity contribution in [3.05, 3.63) is 48.5 Å². The molecule has 0 aliphatic rings. The minimum absolute atomic E-state index is 0.0235. The van der Waals surface area contributed by atoms with Crippen LogP contribution in [0.2, 0.25) is 0 Å². The summed E-state index contributed by atoms with van der Waals surface area (Å²) < 4.78 is 10.7. The number of hydrogen-bond donors (Lipinski definition) is 3. The fourth-order valence-corrected chi connectivity index (χ4v) is 2.34. The van der Waals surface area contributed by atoms with Crippen LogP contribution in [0.25, 0.3) is 0 Å². The smallest absolute Gasteiger partial charge is 0.262 e. The molecule has 4 N–H and O–H groups in total. The van der Waals surface area contributed by atoms with E-state index in [0.29, 0.717) is 35.7 Å². The molecule has 144 valence electrons. The van der Waals surface area contributed by atoms with E-state index in [4.69, 9.17) is 15.2 Å². The number of carbonyl (C=O) groups excluding carboxylic acids is 2. The molecule has 7 heteroatoms. The van der Waals surface area contributed by atoms with Crippen LogP contribution in [0.3, 0.4) is 0 Å². The number of hydrogen-bond acceptors (Lipinski definition) is 5. The Morgan fingerprint density at radius 3 is 2.26 bits per heavy atom. The van der Waals surface area contributed by atoms with Crippen LogP contribution in [0, 0.1) is 0 Å². The molecular formula is C20H25N3O4. The lowest BCUT2D eigenvalue weighted by Gasteiger charge is -2.11. The summed E-state index contributed by atoms with van der Waals surface area (Å²) in [5.74, 6) is 0.615. The predicted octanol–water partition coefficient (Wildman–Crippen LogP) is 2.78. The number of nitrogens with two attached hydrogens (primary N) is 1. The summed E-state index contributed by atoms with van der Waals surface area (Å²) in [5, 5.41) is 5.53. The largest absolute Gasteiger partial charge is 0.493 e. The van der Waals surface area contributed by atoms with Crippen molar-refractivity contribution in [2.45, 2.75) is 25.8 Å². The van der Waals surface area contributed by atoms with Crippen molar-refractivity contribution in [1.82, 2.24) is 0 Å². The Bertz CT molecular complexity index is 777. The monoisotopic (exact) mass is 371 g/mol. The fourth-order valence-electron chi connectivity index (χ4n) is 2.34. The van der Waals surface area contributed by atoms with Crippen LogP contribution in [-0.4, -0.2) is 31.6 Å². The molecule has 0 radical (unpaired) electrons. The Labute approximate surface area is 158 Å². The second-order valence-corrected chi connectivity index (χ2v) is 6.13. The first-order chi connectivity index (χ1) is 13.0. The van der Waals surface area contributed by atoms with Crippen molar-refractivity contribution in [3.63, 3.8) is 0 Å². The van der Waals surface area contributed by atoms with Crippen molar-refractivity contribution in [3.8, 4) is 11.5 Å². The number of carbonyl (C=O) groups is 2. The zero-order valence-electron chi connectivity index (χ0n) is 15.5. The van der Waals surface area contributed by atoms with E-state index in [-0.39, 0.29) is 24.5 Å². The molecule has 2 amide bonds. The van der Waals surface area contributed by atoms with Gasteiger partial charge in [-0.3, -0.25) is 9.59 Å². The lowest BCUT2D eigenvalue weighted by Crippen LogP contribution is -2.21. The van der Waals surface area contributed by atoms with E-state index in [1.54, 1.807) is 42.5 Å². The Balaban J connectivity index is 1.87. The molecule has 2 aromatic rings. The van der Waals surface area contributed by atoms with Crippen molar-refractivity contribution in [2.75, 3.05) is 24.4 Å². The fraction of sp³-hybridized carbons (Fsp3) is 0.300. The van der Waals surface area contributed by atoms with Gasteiger partial charge < -0.3 is 25.8 Å². The third kappa shape index (κ3) is 6.99.